The number of guanidine groups is 1. The van der Waals surface area contributed by atoms with Crippen molar-refractivity contribution in [2.45, 2.75) is 90.4 Å². The molecule has 0 saturated carbocycles. The summed E-state index contributed by atoms with van der Waals surface area (Å²) in [5.74, 6) is 0.864. The van der Waals surface area contributed by atoms with Gasteiger partial charge in [0.15, 0.2) is 5.96 Å². The molecule has 2 atom stereocenters. The number of fused-ring (bicyclic) bond motifs is 2. The van der Waals surface area contributed by atoms with Gasteiger partial charge in [-0.2, -0.15) is 0 Å². The molecule has 2 N–H and O–H groups in total. The minimum absolute atomic E-state index is 0. The minimum atomic E-state index is -0.443. The number of hydrogen-bond donors (Lipinski definition) is 2. The zero-order valence-corrected chi connectivity index (χ0v) is 21.5. The Labute approximate surface area is 194 Å². The summed E-state index contributed by atoms with van der Waals surface area (Å²) >= 11 is 0. The third kappa shape index (κ3) is 8.11. The zero-order chi connectivity index (χ0) is 20.7. The second kappa shape index (κ2) is 12.2. The van der Waals surface area contributed by atoms with Crippen LogP contribution in [-0.4, -0.2) is 78.8 Å². The van der Waals surface area contributed by atoms with Gasteiger partial charge in [-0.15, -0.1) is 24.0 Å². The van der Waals surface area contributed by atoms with Crippen molar-refractivity contribution in [2.75, 3.05) is 33.2 Å². The molecule has 0 aromatic rings. The number of nitrogens with one attached hydrogen (secondary N) is 2. The molecule has 8 heteroatoms. The number of rotatable bonds is 7. The van der Waals surface area contributed by atoms with Gasteiger partial charge in [-0.1, -0.05) is 13.8 Å². The van der Waals surface area contributed by atoms with E-state index in [0.717, 1.165) is 57.8 Å². The first-order valence-corrected chi connectivity index (χ1v) is 11.0. The molecular formula is C21H42IN5O2. The predicted molar refractivity (Wildman–Crippen MR) is 130 cm³/mol. The summed E-state index contributed by atoms with van der Waals surface area (Å²) in [5, 5.41) is 7.03. The summed E-state index contributed by atoms with van der Waals surface area (Å²) in [6.07, 6.45) is 5.06. The summed E-state index contributed by atoms with van der Waals surface area (Å²) in [5.41, 5.74) is -0.443. The molecule has 0 radical (unpaired) electrons. The lowest BCUT2D eigenvalue weighted by molar-refractivity contribution is 0.00545. The van der Waals surface area contributed by atoms with Crippen LogP contribution in [0.2, 0.25) is 0 Å². The topological polar surface area (TPSA) is 69.2 Å². The van der Waals surface area contributed by atoms with E-state index in [-0.39, 0.29) is 42.2 Å². The summed E-state index contributed by atoms with van der Waals surface area (Å²) in [6, 6.07) is 0.883. The Hall–Kier alpha value is -0.770. The van der Waals surface area contributed by atoms with Crippen LogP contribution < -0.4 is 10.6 Å². The lowest BCUT2D eigenvalue weighted by Crippen LogP contribution is -2.55. The molecule has 0 spiro atoms. The molecular weight excluding hydrogens is 481 g/mol. The van der Waals surface area contributed by atoms with Crippen LogP contribution >= 0.6 is 24.0 Å². The van der Waals surface area contributed by atoms with Gasteiger partial charge in [-0.25, -0.2) is 4.79 Å². The third-order valence-electron chi connectivity index (χ3n) is 5.61. The molecule has 0 aromatic heterocycles. The fraction of sp³-hybridized carbons (Fsp3) is 0.905. The van der Waals surface area contributed by atoms with Gasteiger partial charge in [0.25, 0.3) is 0 Å². The SMILES string of the molecule is CCCN(CC)CCNC(=NC)NC1CC2CCC(C1)N2C(=O)OC(C)(C)C.I. The highest BCUT2D eigenvalue weighted by molar-refractivity contribution is 14.0. The fourth-order valence-corrected chi connectivity index (χ4v) is 4.37. The summed E-state index contributed by atoms with van der Waals surface area (Å²) in [6.45, 7) is 14.3. The van der Waals surface area contributed by atoms with Crippen molar-refractivity contribution in [3.05, 3.63) is 0 Å². The Balaban J connectivity index is 0.00000420. The Morgan fingerprint density at radius 1 is 1.17 bits per heavy atom. The molecule has 2 bridgehead atoms. The van der Waals surface area contributed by atoms with Crippen molar-refractivity contribution < 1.29 is 9.53 Å². The van der Waals surface area contributed by atoms with Crippen LogP contribution in [0.1, 0.15) is 66.7 Å². The molecule has 7 nitrogen and oxygen atoms in total. The van der Waals surface area contributed by atoms with E-state index in [1.807, 2.05) is 32.7 Å². The molecule has 2 aliphatic heterocycles. The number of piperidine rings is 1. The average molecular weight is 524 g/mol. The van der Waals surface area contributed by atoms with E-state index in [4.69, 9.17) is 4.74 Å². The summed E-state index contributed by atoms with van der Waals surface area (Å²) in [7, 11) is 1.82. The monoisotopic (exact) mass is 523 g/mol. The molecule has 0 aliphatic carbocycles. The normalized spacial score (nSPS) is 24.3. The molecule has 1 amide bonds. The second-order valence-corrected chi connectivity index (χ2v) is 9.02. The Kier molecular flexibility index (Phi) is 11.0. The van der Waals surface area contributed by atoms with Gasteiger partial charge in [-0.05, 0) is 66.0 Å². The highest BCUT2D eigenvalue weighted by Crippen LogP contribution is 2.36. The van der Waals surface area contributed by atoms with Gasteiger partial charge in [0.2, 0.25) is 0 Å². The fourth-order valence-electron chi connectivity index (χ4n) is 4.37. The molecule has 2 fully saturated rings. The van der Waals surface area contributed by atoms with Crippen LogP contribution in [0.15, 0.2) is 4.99 Å². The van der Waals surface area contributed by atoms with Crippen LogP contribution in [0.5, 0.6) is 0 Å². The summed E-state index contributed by atoms with van der Waals surface area (Å²) < 4.78 is 5.63. The van der Waals surface area contributed by atoms with Crippen LogP contribution in [0.4, 0.5) is 4.79 Å². The molecule has 2 rings (SSSR count). The smallest absolute Gasteiger partial charge is 0.410 e. The van der Waals surface area contributed by atoms with Crippen LogP contribution in [0, 0.1) is 0 Å². The van der Waals surface area contributed by atoms with Crippen molar-refractivity contribution >= 4 is 36.0 Å². The quantitative estimate of drug-likeness (QED) is 0.304. The number of aliphatic imine (C=N–C) groups is 1. The van der Waals surface area contributed by atoms with Gasteiger partial charge < -0.3 is 25.2 Å². The number of ether oxygens (including phenoxy) is 1. The van der Waals surface area contributed by atoms with Gasteiger partial charge >= 0.3 is 6.09 Å². The maximum Gasteiger partial charge on any atom is 0.410 e. The first-order valence-electron chi connectivity index (χ1n) is 11.0. The number of hydrogen-bond acceptors (Lipinski definition) is 4. The van der Waals surface area contributed by atoms with Gasteiger partial charge in [0.1, 0.15) is 5.60 Å². The van der Waals surface area contributed by atoms with E-state index in [0.29, 0.717) is 6.04 Å². The van der Waals surface area contributed by atoms with Gasteiger partial charge in [0, 0.05) is 38.3 Å². The van der Waals surface area contributed by atoms with E-state index in [2.05, 4.69) is 34.4 Å². The van der Waals surface area contributed by atoms with Crippen molar-refractivity contribution in [1.29, 1.82) is 0 Å². The van der Waals surface area contributed by atoms with Crippen LogP contribution in [0.25, 0.3) is 0 Å². The number of halogens is 1. The molecule has 2 saturated heterocycles. The molecule has 2 aliphatic rings. The highest BCUT2D eigenvalue weighted by Gasteiger charge is 2.45. The number of carbonyl (C=O) groups excluding carboxylic acids is 1. The third-order valence-corrected chi connectivity index (χ3v) is 5.61. The van der Waals surface area contributed by atoms with E-state index in [1.165, 1.54) is 6.42 Å². The minimum Gasteiger partial charge on any atom is -0.444 e. The van der Waals surface area contributed by atoms with Gasteiger partial charge in [0.05, 0.1) is 0 Å². The Bertz CT molecular complexity index is 524. The number of likely N-dealkylation sites (N-methyl/N-ethyl adjacent to an activating group) is 1. The lowest BCUT2D eigenvalue weighted by atomic mass is 9.98. The first kappa shape index (κ1) is 26.3. The van der Waals surface area contributed by atoms with Crippen molar-refractivity contribution in [3.8, 4) is 0 Å². The van der Waals surface area contributed by atoms with Crippen molar-refractivity contribution in [3.63, 3.8) is 0 Å². The second-order valence-electron chi connectivity index (χ2n) is 9.02. The van der Waals surface area contributed by atoms with E-state index >= 15 is 0 Å². The molecule has 170 valence electrons. The highest BCUT2D eigenvalue weighted by atomic mass is 127. The van der Waals surface area contributed by atoms with Gasteiger partial charge in [-0.3, -0.25) is 4.99 Å². The molecule has 2 heterocycles. The van der Waals surface area contributed by atoms with Crippen molar-refractivity contribution in [1.82, 2.24) is 20.4 Å². The standard InChI is InChI=1S/C21H41N5O2.HI/c1-7-12-25(8-2)13-11-23-19(22-6)24-16-14-17-9-10-18(15-16)26(17)20(27)28-21(3,4)5;/h16-18H,7-15H2,1-6H3,(H2,22,23,24);1H. The lowest BCUT2D eigenvalue weighted by Gasteiger charge is -2.40. The van der Waals surface area contributed by atoms with E-state index in [9.17, 15) is 4.79 Å². The molecule has 0 aromatic carbocycles. The van der Waals surface area contributed by atoms with E-state index in [1.54, 1.807) is 0 Å². The van der Waals surface area contributed by atoms with Crippen LogP contribution in [0.3, 0.4) is 0 Å². The summed E-state index contributed by atoms with van der Waals surface area (Å²) in [4.78, 5) is 21.4. The number of amides is 1. The predicted octanol–water partition coefficient (Wildman–Crippen LogP) is 3.43. The Morgan fingerprint density at radius 3 is 2.28 bits per heavy atom. The average Bonchev–Trinajstić information content (AvgIpc) is 2.89. The maximum absolute atomic E-state index is 12.6. The maximum atomic E-state index is 12.6. The van der Waals surface area contributed by atoms with Crippen molar-refractivity contribution in [2.24, 2.45) is 4.99 Å². The molecule has 29 heavy (non-hydrogen) atoms. The Morgan fingerprint density at radius 2 is 1.79 bits per heavy atom. The number of carbonyl (C=O) groups is 1. The largest absolute Gasteiger partial charge is 0.444 e. The number of nitrogens with zero attached hydrogens (tertiary/aromatic N) is 3. The first-order chi connectivity index (χ1) is 13.3. The van der Waals surface area contributed by atoms with Crippen LogP contribution in [-0.2, 0) is 4.74 Å². The molecule has 2 unspecified atom stereocenters. The van der Waals surface area contributed by atoms with E-state index < -0.39 is 5.60 Å². The zero-order valence-electron chi connectivity index (χ0n) is 19.2.